The zero-order chi connectivity index (χ0) is 19.0. The summed E-state index contributed by atoms with van der Waals surface area (Å²) in [7, 11) is 0. The number of nitrogens with one attached hydrogen (secondary N) is 1. The van der Waals surface area contributed by atoms with E-state index in [4.69, 9.17) is 9.40 Å². The lowest BCUT2D eigenvalue weighted by atomic mass is 9.91. The van der Waals surface area contributed by atoms with E-state index in [0.717, 1.165) is 41.4 Å². The van der Waals surface area contributed by atoms with Gasteiger partial charge in [-0.25, -0.2) is 4.98 Å². The van der Waals surface area contributed by atoms with Crippen LogP contribution >= 0.6 is 0 Å². The van der Waals surface area contributed by atoms with Crippen LogP contribution in [0.2, 0.25) is 0 Å². The quantitative estimate of drug-likeness (QED) is 0.537. The highest BCUT2D eigenvalue weighted by molar-refractivity contribution is 5.93. The SMILES string of the molecule is CCC(CC)c1c(C)oc2c(Nc3c(C)cc(C)cc3C)nc(C)cc12. The van der Waals surface area contributed by atoms with E-state index in [0.29, 0.717) is 5.92 Å². The van der Waals surface area contributed by atoms with Crippen LogP contribution in [0.5, 0.6) is 0 Å². The van der Waals surface area contributed by atoms with Crippen LogP contribution in [0.25, 0.3) is 11.0 Å². The number of aromatic nitrogens is 1. The number of nitrogens with zero attached hydrogens (tertiary/aromatic N) is 1. The van der Waals surface area contributed by atoms with Crippen molar-refractivity contribution in [2.24, 2.45) is 0 Å². The first kappa shape index (κ1) is 18.5. The van der Waals surface area contributed by atoms with Crippen molar-refractivity contribution in [3.63, 3.8) is 0 Å². The fourth-order valence-electron chi connectivity index (χ4n) is 4.15. The third kappa shape index (κ3) is 3.23. The Balaban J connectivity index is 2.18. The molecule has 138 valence electrons. The number of aryl methyl sites for hydroxylation is 5. The summed E-state index contributed by atoms with van der Waals surface area (Å²) in [5.41, 5.74) is 8.07. The van der Waals surface area contributed by atoms with Gasteiger partial charge in [0.25, 0.3) is 0 Å². The van der Waals surface area contributed by atoms with Gasteiger partial charge in [0.1, 0.15) is 5.76 Å². The molecule has 0 radical (unpaired) electrons. The molecular weight excluding hydrogens is 320 g/mol. The highest BCUT2D eigenvalue weighted by atomic mass is 16.3. The zero-order valence-electron chi connectivity index (χ0n) is 17.1. The van der Waals surface area contributed by atoms with Gasteiger partial charge in [-0.1, -0.05) is 31.5 Å². The zero-order valence-corrected chi connectivity index (χ0v) is 17.1. The molecule has 26 heavy (non-hydrogen) atoms. The van der Waals surface area contributed by atoms with Gasteiger partial charge in [-0.3, -0.25) is 0 Å². The number of anilines is 2. The Hall–Kier alpha value is -2.29. The van der Waals surface area contributed by atoms with E-state index in [-0.39, 0.29) is 0 Å². The fourth-order valence-corrected chi connectivity index (χ4v) is 4.15. The number of fused-ring (bicyclic) bond motifs is 1. The minimum Gasteiger partial charge on any atom is -0.457 e. The first-order chi connectivity index (χ1) is 12.3. The fraction of sp³-hybridized carbons (Fsp3) is 0.435. The van der Waals surface area contributed by atoms with Crippen molar-refractivity contribution in [2.45, 2.75) is 67.2 Å². The lowest BCUT2D eigenvalue weighted by molar-refractivity contribution is 0.552. The molecule has 0 atom stereocenters. The maximum absolute atomic E-state index is 6.22. The van der Waals surface area contributed by atoms with Gasteiger partial charge >= 0.3 is 0 Å². The molecule has 0 aliphatic rings. The third-order valence-corrected chi connectivity index (χ3v) is 5.34. The van der Waals surface area contributed by atoms with Crippen LogP contribution in [0, 0.1) is 34.6 Å². The summed E-state index contributed by atoms with van der Waals surface area (Å²) in [6.45, 7) is 15.0. The van der Waals surface area contributed by atoms with Crippen molar-refractivity contribution in [1.29, 1.82) is 0 Å². The molecule has 1 aromatic carbocycles. The number of benzene rings is 1. The Morgan fingerprint density at radius 3 is 2.15 bits per heavy atom. The van der Waals surface area contributed by atoms with E-state index in [9.17, 15) is 0 Å². The van der Waals surface area contributed by atoms with Crippen molar-refractivity contribution in [3.8, 4) is 0 Å². The molecule has 0 aliphatic heterocycles. The molecule has 0 saturated carbocycles. The third-order valence-electron chi connectivity index (χ3n) is 5.34. The molecule has 1 N–H and O–H groups in total. The van der Waals surface area contributed by atoms with Crippen LogP contribution in [-0.4, -0.2) is 4.98 Å². The minimum atomic E-state index is 0.522. The van der Waals surface area contributed by atoms with Crippen molar-refractivity contribution in [2.75, 3.05) is 5.32 Å². The Morgan fingerprint density at radius 2 is 1.58 bits per heavy atom. The number of furan rings is 1. The summed E-state index contributed by atoms with van der Waals surface area (Å²) in [6.07, 6.45) is 2.23. The monoisotopic (exact) mass is 350 g/mol. The summed E-state index contributed by atoms with van der Waals surface area (Å²) >= 11 is 0. The van der Waals surface area contributed by atoms with Crippen LogP contribution < -0.4 is 5.32 Å². The number of hydrogen-bond acceptors (Lipinski definition) is 3. The molecule has 0 fully saturated rings. The van der Waals surface area contributed by atoms with Gasteiger partial charge in [0.2, 0.25) is 0 Å². The minimum absolute atomic E-state index is 0.522. The molecule has 0 aliphatic carbocycles. The highest BCUT2D eigenvalue weighted by Gasteiger charge is 2.21. The summed E-state index contributed by atoms with van der Waals surface area (Å²) in [5.74, 6) is 2.35. The molecule has 3 rings (SSSR count). The first-order valence-electron chi connectivity index (χ1n) is 9.61. The number of hydrogen-bond donors (Lipinski definition) is 1. The average molecular weight is 351 g/mol. The second kappa shape index (κ2) is 7.14. The molecule has 2 heterocycles. The van der Waals surface area contributed by atoms with Gasteiger partial charge in [0.15, 0.2) is 11.4 Å². The van der Waals surface area contributed by atoms with Gasteiger partial charge in [-0.15, -0.1) is 0 Å². The van der Waals surface area contributed by atoms with Crippen LogP contribution in [0.15, 0.2) is 22.6 Å². The van der Waals surface area contributed by atoms with Gasteiger partial charge in [-0.05, 0) is 70.6 Å². The van der Waals surface area contributed by atoms with Gasteiger partial charge < -0.3 is 9.73 Å². The largest absolute Gasteiger partial charge is 0.457 e. The predicted molar refractivity (Wildman–Crippen MR) is 111 cm³/mol. The molecule has 0 bridgehead atoms. The van der Waals surface area contributed by atoms with Gasteiger partial charge in [0.05, 0.1) is 0 Å². The standard InChI is InChI=1S/C23H30N2O/c1-8-18(9-2)20-17(7)26-22-19(20)12-16(6)24-23(22)25-21-14(4)10-13(3)11-15(21)5/h10-12,18H,8-9H2,1-7H3,(H,24,25). The molecule has 0 unspecified atom stereocenters. The summed E-state index contributed by atoms with van der Waals surface area (Å²) in [6, 6.07) is 6.57. The Labute approximate surface area is 156 Å². The molecule has 3 aromatic rings. The molecule has 3 heteroatoms. The van der Waals surface area contributed by atoms with Crippen LogP contribution in [0.1, 0.15) is 66.3 Å². The molecule has 0 amide bonds. The predicted octanol–water partition coefficient (Wildman–Crippen LogP) is 7.02. The lowest BCUT2D eigenvalue weighted by Gasteiger charge is -2.15. The topological polar surface area (TPSA) is 38.1 Å². The Morgan fingerprint density at radius 1 is 0.962 bits per heavy atom. The number of rotatable bonds is 5. The molecule has 2 aromatic heterocycles. The van der Waals surface area contributed by atoms with Crippen molar-refractivity contribution in [1.82, 2.24) is 4.98 Å². The maximum atomic E-state index is 6.22. The summed E-state index contributed by atoms with van der Waals surface area (Å²) in [5, 5.41) is 4.76. The Kier molecular flexibility index (Phi) is 5.08. The molecular formula is C23H30N2O. The van der Waals surface area contributed by atoms with Crippen LogP contribution in [-0.2, 0) is 0 Å². The Bertz CT molecular complexity index is 925. The van der Waals surface area contributed by atoms with E-state index in [1.54, 1.807) is 0 Å². The average Bonchev–Trinajstić information content (AvgIpc) is 2.89. The smallest absolute Gasteiger partial charge is 0.177 e. The van der Waals surface area contributed by atoms with Crippen LogP contribution in [0.4, 0.5) is 11.5 Å². The summed E-state index contributed by atoms with van der Waals surface area (Å²) in [4.78, 5) is 4.76. The van der Waals surface area contributed by atoms with Crippen LogP contribution in [0.3, 0.4) is 0 Å². The van der Waals surface area contributed by atoms with E-state index in [2.05, 4.69) is 72.0 Å². The number of pyridine rings is 1. The van der Waals surface area contributed by atoms with Gasteiger partial charge in [0, 0.05) is 22.3 Å². The first-order valence-corrected chi connectivity index (χ1v) is 9.61. The lowest BCUT2D eigenvalue weighted by Crippen LogP contribution is -2.01. The highest BCUT2D eigenvalue weighted by Crippen LogP contribution is 2.39. The normalized spacial score (nSPS) is 11.5. The molecule has 3 nitrogen and oxygen atoms in total. The van der Waals surface area contributed by atoms with Crippen molar-refractivity contribution < 1.29 is 4.42 Å². The second-order valence-electron chi connectivity index (χ2n) is 7.47. The van der Waals surface area contributed by atoms with Crippen molar-refractivity contribution in [3.05, 3.63) is 51.9 Å². The maximum Gasteiger partial charge on any atom is 0.177 e. The summed E-state index contributed by atoms with van der Waals surface area (Å²) < 4.78 is 6.22. The van der Waals surface area contributed by atoms with Gasteiger partial charge in [-0.2, -0.15) is 0 Å². The molecule has 0 spiro atoms. The second-order valence-corrected chi connectivity index (χ2v) is 7.47. The van der Waals surface area contributed by atoms with E-state index >= 15 is 0 Å². The molecule has 0 saturated heterocycles. The van der Waals surface area contributed by atoms with Crippen molar-refractivity contribution >= 4 is 22.5 Å². The van der Waals surface area contributed by atoms with E-state index in [1.807, 2.05) is 0 Å². The van der Waals surface area contributed by atoms with E-state index < -0.39 is 0 Å². The van der Waals surface area contributed by atoms with E-state index in [1.165, 1.54) is 27.6 Å².